The number of pyridine rings is 1. The standard InChI is InChI=1S/C17H24N6O2/c1-4-9-23-10-6-14(7-11-23)25-12-16(24)18-8-5-15-19-13-20-17(21-15)22(2)3/h6-7,10-11,13H,4-5,8-9,12H2,1-3H3/p+1. The largest absolute Gasteiger partial charge is 0.483 e. The van der Waals surface area contributed by atoms with E-state index < -0.39 is 0 Å². The van der Waals surface area contributed by atoms with Gasteiger partial charge in [-0.1, -0.05) is 6.92 Å². The van der Waals surface area contributed by atoms with Crippen molar-refractivity contribution in [1.82, 2.24) is 20.3 Å². The molecule has 0 fully saturated rings. The van der Waals surface area contributed by atoms with Gasteiger partial charge in [0.05, 0.1) is 0 Å². The highest BCUT2D eigenvalue weighted by Crippen LogP contribution is 2.05. The van der Waals surface area contributed by atoms with Gasteiger partial charge in [0.2, 0.25) is 5.95 Å². The van der Waals surface area contributed by atoms with Crippen molar-refractivity contribution in [2.75, 3.05) is 32.1 Å². The maximum absolute atomic E-state index is 11.8. The maximum atomic E-state index is 11.8. The summed E-state index contributed by atoms with van der Waals surface area (Å²) in [4.78, 5) is 26.1. The summed E-state index contributed by atoms with van der Waals surface area (Å²) < 4.78 is 7.55. The molecule has 0 aliphatic carbocycles. The van der Waals surface area contributed by atoms with Gasteiger partial charge in [0.1, 0.15) is 24.4 Å². The molecule has 134 valence electrons. The Morgan fingerprint density at radius 2 is 2.04 bits per heavy atom. The average molecular weight is 345 g/mol. The molecule has 8 heteroatoms. The first-order valence-corrected chi connectivity index (χ1v) is 8.32. The molecule has 0 unspecified atom stereocenters. The number of aromatic nitrogens is 4. The first kappa shape index (κ1) is 18.6. The van der Waals surface area contributed by atoms with Crippen LogP contribution in [0.15, 0.2) is 30.9 Å². The lowest BCUT2D eigenvalue weighted by atomic mass is 10.4. The molecular formula is C17H25N6O2+. The summed E-state index contributed by atoms with van der Waals surface area (Å²) >= 11 is 0. The van der Waals surface area contributed by atoms with Crippen LogP contribution in [0.1, 0.15) is 19.2 Å². The summed E-state index contributed by atoms with van der Waals surface area (Å²) in [7, 11) is 3.73. The van der Waals surface area contributed by atoms with Gasteiger partial charge in [-0.3, -0.25) is 4.79 Å². The molecule has 0 radical (unpaired) electrons. The normalized spacial score (nSPS) is 10.4. The first-order valence-electron chi connectivity index (χ1n) is 8.32. The molecule has 2 aromatic rings. The van der Waals surface area contributed by atoms with Crippen molar-refractivity contribution in [3.05, 3.63) is 36.7 Å². The summed E-state index contributed by atoms with van der Waals surface area (Å²) in [5.41, 5.74) is 0. The summed E-state index contributed by atoms with van der Waals surface area (Å²) in [6.07, 6.45) is 6.98. The van der Waals surface area contributed by atoms with E-state index in [-0.39, 0.29) is 12.5 Å². The Balaban J connectivity index is 1.71. The Morgan fingerprint density at radius 1 is 1.28 bits per heavy atom. The van der Waals surface area contributed by atoms with Crippen LogP contribution in [-0.2, 0) is 17.8 Å². The molecule has 0 aliphatic rings. The predicted molar refractivity (Wildman–Crippen MR) is 93.3 cm³/mol. The molecule has 0 spiro atoms. The number of hydrogen-bond acceptors (Lipinski definition) is 6. The van der Waals surface area contributed by atoms with E-state index in [4.69, 9.17) is 4.74 Å². The number of rotatable bonds is 9. The third-order valence-corrected chi connectivity index (χ3v) is 3.39. The molecule has 1 N–H and O–H groups in total. The minimum atomic E-state index is -0.174. The van der Waals surface area contributed by atoms with Gasteiger partial charge in [0.25, 0.3) is 5.91 Å². The van der Waals surface area contributed by atoms with E-state index in [1.54, 1.807) is 0 Å². The Kier molecular flexibility index (Phi) is 7.06. The number of ether oxygens (including phenoxy) is 1. The SMILES string of the molecule is CCC[n+]1ccc(OCC(=O)NCCc2ncnc(N(C)C)n2)cc1. The van der Waals surface area contributed by atoms with Gasteiger partial charge in [0, 0.05) is 45.6 Å². The fourth-order valence-corrected chi connectivity index (χ4v) is 2.12. The minimum Gasteiger partial charge on any atom is -0.483 e. The van der Waals surface area contributed by atoms with Gasteiger partial charge in [-0.05, 0) is 0 Å². The third kappa shape index (κ3) is 6.33. The number of carbonyl (C=O) groups is 1. The molecule has 8 nitrogen and oxygen atoms in total. The van der Waals surface area contributed by atoms with Crippen molar-refractivity contribution in [1.29, 1.82) is 0 Å². The number of carbonyl (C=O) groups excluding carboxylic acids is 1. The van der Waals surface area contributed by atoms with Crippen LogP contribution < -0.4 is 19.5 Å². The second kappa shape index (κ2) is 9.51. The Morgan fingerprint density at radius 3 is 2.72 bits per heavy atom. The average Bonchev–Trinajstić information content (AvgIpc) is 2.61. The predicted octanol–water partition coefficient (Wildman–Crippen LogP) is 0.373. The second-order valence-corrected chi connectivity index (χ2v) is 5.76. The molecule has 0 atom stereocenters. The smallest absolute Gasteiger partial charge is 0.257 e. The van der Waals surface area contributed by atoms with Crippen LogP contribution in [0.25, 0.3) is 0 Å². The van der Waals surface area contributed by atoms with E-state index in [0.29, 0.717) is 30.5 Å². The van der Waals surface area contributed by atoms with E-state index in [1.165, 1.54) is 6.33 Å². The van der Waals surface area contributed by atoms with Crippen LogP contribution in [0.2, 0.25) is 0 Å². The monoisotopic (exact) mass is 345 g/mol. The van der Waals surface area contributed by atoms with Crippen molar-refractivity contribution in [2.45, 2.75) is 26.3 Å². The molecule has 0 aliphatic heterocycles. The molecule has 0 bridgehead atoms. The van der Waals surface area contributed by atoms with E-state index in [2.05, 4.69) is 31.8 Å². The summed E-state index contributed by atoms with van der Waals surface area (Å²) in [6, 6.07) is 3.72. The second-order valence-electron chi connectivity index (χ2n) is 5.76. The lowest BCUT2D eigenvalue weighted by Crippen LogP contribution is -2.33. The fraction of sp³-hybridized carbons (Fsp3) is 0.471. The highest BCUT2D eigenvalue weighted by molar-refractivity contribution is 5.77. The van der Waals surface area contributed by atoms with Crippen molar-refractivity contribution in [2.24, 2.45) is 0 Å². The first-order chi connectivity index (χ1) is 12.1. The van der Waals surface area contributed by atoms with Crippen molar-refractivity contribution >= 4 is 11.9 Å². The quantitative estimate of drug-likeness (QED) is 0.661. The van der Waals surface area contributed by atoms with Gasteiger partial charge in [-0.15, -0.1) is 0 Å². The van der Waals surface area contributed by atoms with Crippen LogP contribution in [0.4, 0.5) is 5.95 Å². The van der Waals surface area contributed by atoms with E-state index in [0.717, 1.165) is 13.0 Å². The van der Waals surface area contributed by atoms with Crippen molar-refractivity contribution < 1.29 is 14.1 Å². The van der Waals surface area contributed by atoms with Crippen LogP contribution in [0.3, 0.4) is 0 Å². The van der Waals surface area contributed by atoms with E-state index >= 15 is 0 Å². The number of nitrogens with zero attached hydrogens (tertiary/aromatic N) is 5. The molecule has 0 aromatic carbocycles. The van der Waals surface area contributed by atoms with E-state index in [9.17, 15) is 4.79 Å². The molecular weight excluding hydrogens is 320 g/mol. The van der Waals surface area contributed by atoms with Gasteiger partial charge in [-0.25, -0.2) is 14.5 Å². The zero-order valence-corrected chi connectivity index (χ0v) is 15.0. The number of amides is 1. The minimum absolute atomic E-state index is 0.0159. The van der Waals surface area contributed by atoms with Crippen LogP contribution >= 0.6 is 0 Å². The Bertz CT molecular complexity index is 675. The Hall–Kier alpha value is -2.77. The summed E-state index contributed by atoms with van der Waals surface area (Å²) in [5.74, 6) is 1.75. The van der Waals surface area contributed by atoms with Gasteiger partial charge < -0.3 is 15.0 Å². The lowest BCUT2D eigenvalue weighted by Gasteiger charge is -2.10. The Labute approximate surface area is 147 Å². The highest BCUT2D eigenvalue weighted by atomic mass is 16.5. The van der Waals surface area contributed by atoms with Gasteiger partial charge in [-0.2, -0.15) is 4.98 Å². The number of nitrogens with one attached hydrogen (secondary N) is 1. The maximum Gasteiger partial charge on any atom is 0.257 e. The molecule has 1 amide bonds. The fourth-order valence-electron chi connectivity index (χ4n) is 2.12. The molecule has 2 aromatic heterocycles. The number of anilines is 1. The number of aryl methyl sites for hydroxylation is 1. The molecule has 2 heterocycles. The van der Waals surface area contributed by atoms with Gasteiger partial charge in [0.15, 0.2) is 19.0 Å². The molecule has 0 saturated heterocycles. The lowest BCUT2D eigenvalue weighted by molar-refractivity contribution is -0.697. The van der Waals surface area contributed by atoms with Crippen LogP contribution in [0, 0.1) is 0 Å². The zero-order valence-electron chi connectivity index (χ0n) is 15.0. The molecule has 2 rings (SSSR count). The van der Waals surface area contributed by atoms with Crippen molar-refractivity contribution in [3.63, 3.8) is 0 Å². The molecule has 0 saturated carbocycles. The third-order valence-electron chi connectivity index (χ3n) is 3.39. The van der Waals surface area contributed by atoms with E-state index in [1.807, 2.05) is 43.5 Å². The van der Waals surface area contributed by atoms with Crippen LogP contribution in [0.5, 0.6) is 5.75 Å². The summed E-state index contributed by atoms with van der Waals surface area (Å²) in [6.45, 7) is 3.52. The van der Waals surface area contributed by atoms with Crippen molar-refractivity contribution in [3.8, 4) is 5.75 Å². The zero-order chi connectivity index (χ0) is 18.1. The summed E-state index contributed by atoms with van der Waals surface area (Å²) in [5, 5.41) is 2.80. The van der Waals surface area contributed by atoms with Gasteiger partial charge >= 0.3 is 0 Å². The number of hydrogen-bond donors (Lipinski definition) is 1. The highest BCUT2D eigenvalue weighted by Gasteiger charge is 2.06. The van der Waals surface area contributed by atoms with Crippen LogP contribution in [-0.4, -0.2) is 48.1 Å². The topological polar surface area (TPSA) is 84.1 Å². The molecule has 25 heavy (non-hydrogen) atoms.